The van der Waals surface area contributed by atoms with Gasteiger partial charge in [-0.05, 0) is 42.8 Å². The van der Waals surface area contributed by atoms with Crippen molar-refractivity contribution in [3.63, 3.8) is 0 Å². The Morgan fingerprint density at radius 3 is 2.61 bits per heavy atom. The highest BCUT2D eigenvalue weighted by molar-refractivity contribution is 6.34. The predicted octanol–water partition coefficient (Wildman–Crippen LogP) is 4.52. The zero-order chi connectivity index (χ0) is 16.4. The van der Waals surface area contributed by atoms with E-state index in [0.717, 1.165) is 11.1 Å². The fraction of sp³-hybridized carbons (Fsp3) is 0.278. The Hall–Kier alpha value is -1.55. The first kappa shape index (κ1) is 16.3. The second-order valence-electron chi connectivity index (χ2n) is 5.68. The first-order chi connectivity index (χ1) is 11.0. The van der Waals surface area contributed by atoms with Crippen LogP contribution >= 0.6 is 23.2 Å². The summed E-state index contributed by atoms with van der Waals surface area (Å²) in [6.07, 6.45) is -0.214. The molecule has 1 amide bonds. The van der Waals surface area contributed by atoms with Crippen LogP contribution in [0.25, 0.3) is 0 Å². The molecule has 0 saturated carbocycles. The van der Waals surface area contributed by atoms with Crippen molar-refractivity contribution < 1.29 is 9.53 Å². The van der Waals surface area contributed by atoms with Crippen LogP contribution in [-0.2, 0) is 4.74 Å². The second-order valence-corrected chi connectivity index (χ2v) is 6.56. The summed E-state index contributed by atoms with van der Waals surface area (Å²) in [6.45, 7) is 3.54. The van der Waals surface area contributed by atoms with Crippen molar-refractivity contribution in [2.75, 3.05) is 19.7 Å². The molecule has 0 bridgehead atoms. The molecule has 1 fully saturated rings. The van der Waals surface area contributed by atoms with Gasteiger partial charge in [-0.3, -0.25) is 4.79 Å². The smallest absolute Gasteiger partial charge is 0.254 e. The molecule has 0 aliphatic carbocycles. The molecular weight excluding hydrogens is 333 g/mol. The summed E-state index contributed by atoms with van der Waals surface area (Å²) in [6, 6.07) is 13.0. The van der Waals surface area contributed by atoms with Gasteiger partial charge in [0.25, 0.3) is 5.91 Å². The van der Waals surface area contributed by atoms with Crippen molar-refractivity contribution in [1.29, 1.82) is 0 Å². The minimum absolute atomic E-state index is 0.0233. The number of nitrogens with zero attached hydrogens (tertiary/aromatic N) is 1. The Labute approximate surface area is 145 Å². The second kappa shape index (κ2) is 6.91. The van der Waals surface area contributed by atoms with Crippen LogP contribution in [0.3, 0.4) is 0 Å². The van der Waals surface area contributed by atoms with Crippen LogP contribution < -0.4 is 0 Å². The van der Waals surface area contributed by atoms with E-state index >= 15 is 0 Å². The fourth-order valence-corrected chi connectivity index (χ4v) is 3.30. The number of benzene rings is 2. The number of aryl methyl sites for hydroxylation is 1. The average Bonchev–Trinajstić information content (AvgIpc) is 2.53. The molecule has 1 aliphatic rings. The molecule has 1 heterocycles. The van der Waals surface area contributed by atoms with Gasteiger partial charge in [0.1, 0.15) is 6.10 Å². The van der Waals surface area contributed by atoms with E-state index in [2.05, 4.69) is 0 Å². The molecule has 0 N–H and O–H groups in total. The fourth-order valence-electron chi connectivity index (χ4n) is 2.76. The van der Waals surface area contributed by atoms with E-state index in [0.29, 0.717) is 35.3 Å². The van der Waals surface area contributed by atoms with Gasteiger partial charge in [-0.15, -0.1) is 0 Å². The molecule has 0 radical (unpaired) electrons. The van der Waals surface area contributed by atoms with Crippen molar-refractivity contribution in [3.05, 3.63) is 69.2 Å². The van der Waals surface area contributed by atoms with Gasteiger partial charge in [-0.25, -0.2) is 0 Å². The van der Waals surface area contributed by atoms with Gasteiger partial charge in [0, 0.05) is 22.2 Å². The molecule has 1 unspecified atom stereocenters. The Morgan fingerprint density at radius 2 is 1.91 bits per heavy atom. The van der Waals surface area contributed by atoms with Crippen LogP contribution in [-0.4, -0.2) is 30.5 Å². The minimum atomic E-state index is -0.214. The van der Waals surface area contributed by atoms with Crippen molar-refractivity contribution in [2.24, 2.45) is 0 Å². The van der Waals surface area contributed by atoms with E-state index in [1.54, 1.807) is 6.07 Å². The molecule has 1 saturated heterocycles. The number of morpholine rings is 1. The normalized spacial score (nSPS) is 18.0. The summed E-state index contributed by atoms with van der Waals surface area (Å²) in [5.41, 5.74) is 2.67. The molecule has 1 aliphatic heterocycles. The molecular formula is C18H17Cl2NO2. The number of hydrogen-bond donors (Lipinski definition) is 0. The summed E-state index contributed by atoms with van der Waals surface area (Å²) >= 11 is 12.1. The zero-order valence-electron chi connectivity index (χ0n) is 12.8. The van der Waals surface area contributed by atoms with Gasteiger partial charge in [0.05, 0.1) is 13.2 Å². The van der Waals surface area contributed by atoms with E-state index in [4.69, 9.17) is 27.9 Å². The summed E-state index contributed by atoms with van der Waals surface area (Å²) in [4.78, 5) is 14.5. The van der Waals surface area contributed by atoms with Gasteiger partial charge < -0.3 is 9.64 Å². The van der Waals surface area contributed by atoms with Crippen LogP contribution in [0.2, 0.25) is 10.0 Å². The van der Waals surface area contributed by atoms with Crippen LogP contribution in [0.4, 0.5) is 0 Å². The van der Waals surface area contributed by atoms with Gasteiger partial charge in [0.15, 0.2) is 0 Å². The topological polar surface area (TPSA) is 29.5 Å². The Morgan fingerprint density at radius 1 is 1.17 bits per heavy atom. The largest absolute Gasteiger partial charge is 0.370 e. The maximum absolute atomic E-state index is 12.7. The first-order valence-corrected chi connectivity index (χ1v) is 8.22. The standard InChI is InChI=1S/C18H17Cl2NO2/c1-12-3-2-4-13(7-12)18(22)21-5-6-23-17(11-21)14-8-15(19)10-16(20)9-14/h2-4,7-10,17H,5-6,11H2,1H3. The molecule has 0 spiro atoms. The number of ether oxygens (including phenoxy) is 1. The predicted molar refractivity (Wildman–Crippen MR) is 92.2 cm³/mol. The number of carbonyl (C=O) groups is 1. The first-order valence-electron chi connectivity index (χ1n) is 7.46. The molecule has 5 heteroatoms. The monoisotopic (exact) mass is 349 g/mol. The van der Waals surface area contributed by atoms with Gasteiger partial charge in [0.2, 0.25) is 0 Å². The van der Waals surface area contributed by atoms with Crippen LogP contribution in [0.15, 0.2) is 42.5 Å². The summed E-state index contributed by atoms with van der Waals surface area (Å²) < 4.78 is 5.80. The lowest BCUT2D eigenvalue weighted by molar-refractivity contribution is -0.0228. The SMILES string of the molecule is Cc1cccc(C(=O)N2CCOC(c3cc(Cl)cc(Cl)c3)C2)c1. The number of halogens is 2. The molecule has 3 nitrogen and oxygen atoms in total. The average molecular weight is 350 g/mol. The molecule has 2 aromatic rings. The number of rotatable bonds is 2. The molecule has 23 heavy (non-hydrogen) atoms. The third-order valence-corrected chi connectivity index (χ3v) is 4.31. The van der Waals surface area contributed by atoms with Crippen molar-refractivity contribution >= 4 is 29.1 Å². The van der Waals surface area contributed by atoms with Crippen LogP contribution in [0.1, 0.15) is 27.6 Å². The van der Waals surface area contributed by atoms with Crippen molar-refractivity contribution in [2.45, 2.75) is 13.0 Å². The van der Waals surface area contributed by atoms with Crippen molar-refractivity contribution in [1.82, 2.24) is 4.90 Å². The third-order valence-electron chi connectivity index (χ3n) is 3.88. The van der Waals surface area contributed by atoms with Crippen molar-refractivity contribution in [3.8, 4) is 0 Å². The molecule has 3 rings (SSSR count). The van der Waals surface area contributed by atoms with E-state index < -0.39 is 0 Å². The lowest BCUT2D eigenvalue weighted by Gasteiger charge is -2.33. The van der Waals surface area contributed by atoms with Gasteiger partial charge in [-0.2, -0.15) is 0 Å². The Kier molecular flexibility index (Phi) is 4.90. The van der Waals surface area contributed by atoms with E-state index in [1.165, 1.54) is 0 Å². The maximum Gasteiger partial charge on any atom is 0.254 e. The summed E-state index contributed by atoms with van der Waals surface area (Å²) in [5, 5.41) is 1.14. The lowest BCUT2D eigenvalue weighted by Crippen LogP contribution is -2.42. The summed E-state index contributed by atoms with van der Waals surface area (Å²) in [5.74, 6) is 0.0233. The number of hydrogen-bond acceptors (Lipinski definition) is 2. The molecule has 2 aromatic carbocycles. The van der Waals surface area contributed by atoms with E-state index in [-0.39, 0.29) is 12.0 Å². The van der Waals surface area contributed by atoms with Crippen LogP contribution in [0.5, 0.6) is 0 Å². The minimum Gasteiger partial charge on any atom is -0.370 e. The quantitative estimate of drug-likeness (QED) is 0.797. The highest BCUT2D eigenvalue weighted by Crippen LogP contribution is 2.28. The van der Waals surface area contributed by atoms with Crippen LogP contribution in [0, 0.1) is 6.92 Å². The highest BCUT2D eigenvalue weighted by atomic mass is 35.5. The molecule has 120 valence electrons. The van der Waals surface area contributed by atoms with E-state index in [1.807, 2.05) is 48.2 Å². The zero-order valence-corrected chi connectivity index (χ0v) is 14.3. The molecule has 0 aromatic heterocycles. The third kappa shape index (κ3) is 3.86. The Balaban J connectivity index is 1.79. The number of amides is 1. The highest BCUT2D eigenvalue weighted by Gasteiger charge is 2.26. The Bertz CT molecular complexity index is 712. The number of carbonyl (C=O) groups excluding carboxylic acids is 1. The van der Waals surface area contributed by atoms with E-state index in [9.17, 15) is 4.79 Å². The van der Waals surface area contributed by atoms with Gasteiger partial charge >= 0.3 is 0 Å². The van der Waals surface area contributed by atoms with Gasteiger partial charge in [-0.1, -0.05) is 40.9 Å². The summed E-state index contributed by atoms with van der Waals surface area (Å²) in [7, 11) is 0. The lowest BCUT2D eigenvalue weighted by atomic mass is 10.1. The molecule has 1 atom stereocenters. The maximum atomic E-state index is 12.7.